The summed E-state index contributed by atoms with van der Waals surface area (Å²) in [6.45, 7) is 1.20. The van der Waals surface area contributed by atoms with Crippen LogP contribution < -0.4 is 4.90 Å². The average molecular weight is 310 g/mol. The van der Waals surface area contributed by atoms with Crippen LogP contribution in [0.15, 0.2) is 11.6 Å². The lowest BCUT2D eigenvalue weighted by Gasteiger charge is -2.30. The number of nitrogens with zero attached hydrogens (tertiary/aromatic N) is 4. The van der Waals surface area contributed by atoms with E-state index in [0.29, 0.717) is 36.7 Å². The molecule has 1 aliphatic heterocycles. The number of rotatable bonds is 4. The van der Waals surface area contributed by atoms with E-state index >= 15 is 0 Å². The monoisotopic (exact) mass is 310 g/mol. The topological polar surface area (TPSA) is 101 Å². The predicted octanol–water partition coefficient (Wildman–Crippen LogP) is 2.00. The summed E-state index contributed by atoms with van der Waals surface area (Å²) in [6, 6.07) is 0. The molecule has 0 bridgehead atoms. The van der Waals surface area contributed by atoms with Gasteiger partial charge in [0.25, 0.3) is 4.96 Å². The second-order valence-electron chi connectivity index (χ2n) is 5.10. The zero-order valence-corrected chi connectivity index (χ0v) is 12.0. The van der Waals surface area contributed by atoms with Crippen molar-refractivity contribution < 1.29 is 14.8 Å². The fourth-order valence-electron chi connectivity index (χ4n) is 2.74. The van der Waals surface area contributed by atoms with Gasteiger partial charge in [0.05, 0.1) is 0 Å². The molecule has 1 fully saturated rings. The second-order valence-corrected chi connectivity index (χ2v) is 5.97. The van der Waals surface area contributed by atoms with Gasteiger partial charge >= 0.3 is 11.8 Å². The van der Waals surface area contributed by atoms with Crippen molar-refractivity contribution >= 4 is 33.9 Å². The Hall–Kier alpha value is -2.16. The molecule has 0 saturated carbocycles. The molecule has 3 rings (SSSR count). The van der Waals surface area contributed by atoms with E-state index in [4.69, 9.17) is 5.11 Å². The number of carboxylic acids is 1. The molecule has 0 radical (unpaired) electrons. The molecule has 0 atom stereocenters. The molecule has 21 heavy (non-hydrogen) atoms. The molecule has 1 aliphatic rings. The molecule has 0 aliphatic carbocycles. The number of carboxylic acid groups (broad SMARTS) is 1. The Labute approximate surface area is 123 Å². The molecule has 0 amide bonds. The van der Waals surface area contributed by atoms with Gasteiger partial charge in [0, 0.05) is 24.9 Å². The minimum Gasteiger partial charge on any atom is -0.481 e. The number of piperidine rings is 1. The summed E-state index contributed by atoms with van der Waals surface area (Å²) in [7, 11) is 0. The van der Waals surface area contributed by atoms with Crippen molar-refractivity contribution in [3.8, 4) is 0 Å². The van der Waals surface area contributed by atoms with E-state index in [1.807, 2.05) is 4.90 Å². The maximum atomic E-state index is 11.3. The van der Waals surface area contributed by atoms with E-state index < -0.39 is 10.9 Å². The molecular weight excluding hydrogens is 296 g/mol. The van der Waals surface area contributed by atoms with Crippen LogP contribution in [0, 0.1) is 16.0 Å². The molecule has 0 spiro atoms. The minimum atomic E-state index is -0.790. The molecular formula is C12H14N4O4S. The van der Waals surface area contributed by atoms with Gasteiger partial charge in [-0.2, -0.15) is 9.38 Å². The fourth-order valence-corrected chi connectivity index (χ4v) is 3.44. The number of imidazole rings is 1. The van der Waals surface area contributed by atoms with Crippen LogP contribution in [0.1, 0.15) is 19.3 Å². The number of aromatic nitrogens is 2. The highest BCUT2D eigenvalue weighted by Gasteiger charge is 2.30. The lowest BCUT2D eigenvalue weighted by molar-refractivity contribution is -0.389. The van der Waals surface area contributed by atoms with Crippen LogP contribution in [0.4, 0.5) is 11.6 Å². The number of fused-ring (bicyclic) bond motifs is 1. The third-order valence-corrected chi connectivity index (χ3v) is 4.53. The van der Waals surface area contributed by atoms with Crippen LogP contribution in [0.5, 0.6) is 0 Å². The van der Waals surface area contributed by atoms with Crippen LogP contribution in [-0.2, 0) is 4.79 Å². The highest BCUT2D eigenvalue weighted by atomic mass is 32.1. The molecule has 1 saturated heterocycles. The highest BCUT2D eigenvalue weighted by Crippen LogP contribution is 2.33. The van der Waals surface area contributed by atoms with Crippen molar-refractivity contribution in [3.05, 3.63) is 21.7 Å². The van der Waals surface area contributed by atoms with Gasteiger partial charge in [-0.3, -0.25) is 4.79 Å². The molecule has 1 N–H and O–H groups in total. The second kappa shape index (κ2) is 5.32. The fraction of sp³-hybridized carbons (Fsp3) is 0.500. The van der Waals surface area contributed by atoms with Gasteiger partial charge in [0.15, 0.2) is 0 Å². The Morgan fingerprint density at radius 2 is 2.24 bits per heavy atom. The van der Waals surface area contributed by atoms with E-state index in [1.54, 1.807) is 11.6 Å². The normalized spacial score (nSPS) is 16.5. The standard InChI is InChI=1S/C12H14N4O4S/c17-9(18)7-8-1-3-14(4-2-8)10-11(16(19)20)15-5-6-21-12(15)13-10/h5-6,8H,1-4,7H2,(H,17,18). The Morgan fingerprint density at radius 3 is 2.86 bits per heavy atom. The van der Waals surface area contributed by atoms with Gasteiger partial charge in [-0.15, -0.1) is 0 Å². The first-order chi connectivity index (χ1) is 10.1. The van der Waals surface area contributed by atoms with Crippen LogP contribution in [0.3, 0.4) is 0 Å². The van der Waals surface area contributed by atoms with E-state index in [1.165, 1.54) is 15.7 Å². The maximum Gasteiger partial charge on any atom is 0.373 e. The first-order valence-corrected chi connectivity index (χ1v) is 7.51. The summed E-state index contributed by atoms with van der Waals surface area (Å²) < 4.78 is 1.49. The highest BCUT2D eigenvalue weighted by molar-refractivity contribution is 7.15. The van der Waals surface area contributed by atoms with Crippen LogP contribution in [-0.4, -0.2) is 38.5 Å². The Morgan fingerprint density at radius 1 is 1.52 bits per heavy atom. The molecule has 112 valence electrons. The van der Waals surface area contributed by atoms with Gasteiger partial charge in [-0.1, -0.05) is 11.3 Å². The smallest absolute Gasteiger partial charge is 0.373 e. The van der Waals surface area contributed by atoms with E-state index in [0.717, 1.165) is 0 Å². The summed E-state index contributed by atoms with van der Waals surface area (Å²) in [6.07, 6.45) is 3.24. The molecule has 9 heteroatoms. The Balaban J connectivity index is 1.82. The average Bonchev–Trinajstić information content (AvgIpc) is 2.98. The first-order valence-electron chi connectivity index (χ1n) is 6.63. The van der Waals surface area contributed by atoms with Crippen LogP contribution in [0.2, 0.25) is 0 Å². The number of carbonyl (C=O) groups is 1. The summed E-state index contributed by atoms with van der Waals surface area (Å²) in [5, 5.41) is 21.9. The lowest BCUT2D eigenvalue weighted by atomic mass is 9.94. The number of anilines is 1. The number of thiazole rings is 1. The van der Waals surface area contributed by atoms with E-state index in [9.17, 15) is 14.9 Å². The van der Waals surface area contributed by atoms with Crippen molar-refractivity contribution in [2.75, 3.05) is 18.0 Å². The lowest BCUT2D eigenvalue weighted by Crippen LogP contribution is -2.35. The van der Waals surface area contributed by atoms with Crippen molar-refractivity contribution in [3.63, 3.8) is 0 Å². The number of aliphatic carboxylic acids is 1. The molecule has 0 aromatic carbocycles. The predicted molar refractivity (Wildman–Crippen MR) is 76.9 cm³/mol. The van der Waals surface area contributed by atoms with Crippen molar-refractivity contribution in [1.29, 1.82) is 0 Å². The van der Waals surface area contributed by atoms with Gasteiger partial charge in [0.1, 0.15) is 6.20 Å². The summed E-state index contributed by atoms with van der Waals surface area (Å²) in [4.78, 5) is 28.4. The van der Waals surface area contributed by atoms with E-state index in [-0.39, 0.29) is 18.2 Å². The molecule has 8 nitrogen and oxygen atoms in total. The zero-order valence-electron chi connectivity index (χ0n) is 11.1. The quantitative estimate of drug-likeness (QED) is 0.684. The van der Waals surface area contributed by atoms with Gasteiger partial charge < -0.3 is 20.1 Å². The summed E-state index contributed by atoms with van der Waals surface area (Å²) >= 11 is 1.36. The Bertz CT molecular complexity index is 687. The SMILES string of the molecule is O=C(O)CC1CCN(c2nc3sccn3c2[N+](=O)[O-])CC1. The van der Waals surface area contributed by atoms with Crippen molar-refractivity contribution in [2.24, 2.45) is 5.92 Å². The zero-order chi connectivity index (χ0) is 15.0. The molecule has 3 heterocycles. The van der Waals surface area contributed by atoms with Crippen LogP contribution in [0.25, 0.3) is 4.96 Å². The summed E-state index contributed by atoms with van der Waals surface area (Å²) in [5.41, 5.74) is 0. The maximum absolute atomic E-state index is 11.3. The Kier molecular flexibility index (Phi) is 3.50. The van der Waals surface area contributed by atoms with Gasteiger partial charge in [-0.05, 0) is 23.7 Å². The number of hydrogen-bond acceptors (Lipinski definition) is 6. The number of hydrogen-bond donors (Lipinski definition) is 1. The molecule has 2 aromatic rings. The number of nitro groups is 1. The third-order valence-electron chi connectivity index (χ3n) is 3.77. The molecule has 2 aromatic heterocycles. The summed E-state index contributed by atoms with van der Waals surface area (Å²) in [5.74, 6) is -0.271. The molecule has 0 unspecified atom stereocenters. The first kappa shape index (κ1) is 13.8. The van der Waals surface area contributed by atoms with Crippen LogP contribution >= 0.6 is 11.3 Å². The van der Waals surface area contributed by atoms with Gasteiger partial charge in [0.2, 0.25) is 5.82 Å². The third kappa shape index (κ3) is 2.56. The minimum absolute atomic E-state index is 0.0112. The van der Waals surface area contributed by atoms with E-state index in [2.05, 4.69) is 4.98 Å². The largest absolute Gasteiger partial charge is 0.481 e. The van der Waals surface area contributed by atoms with Crippen molar-refractivity contribution in [1.82, 2.24) is 9.38 Å². The van der Waals surface area contributed by atoms with Gasteiger partial charge in [-0.25, -0.2) is 0 Å². The van der Waals surface area contributed by atoms with Crippen molar-refractivity contribution in [2.45, 2.75) is 19.3 Å².